The zero-order chi connectivity index (χ0) is 7.82. The molecule has 0 heterocycles. The van der Waals surface area contributed by atoms with Gasteiger partial charge in [0.15, 0.2) is 0 Å². The van der Waals surface area contributed by atoms with Gasteiger partial charge in [0.05, 0.1) is 6.61 Å². The Morgan fingerprint density at radius 3 is 2.80 bits per heavy atom. The average Bonchev–Trinajstić information content (AvgIpc) is 1.87. The summed E-state index contributed by atoms with van der Waals surface area (Å²) in [5.41, 5.74) is 0. The number of carbonyl (C=O) groups is 1. The molecule has 0 bridgehead atoms. The molecular formula is C7H12O3. The number of allylic oxidation sites excluding steroid dienone is 1. The second-order valence-corrected chi connectivity index (χ2v) is 1.79. The van der Waals surface area contributed by atoms with Gasteiger partial charge in [-0.05, 0) is 6.42 Å². The molecule has 1 N–H and O–H groups in total. The third-order valence-corrected chi connectivity index (χ3v) is 0.842. The topological polar surface area (TPSA) is 46.5 Å². The maximum absolute atomic E-state index is 9.88. The quantitative estimate of drug-likeness (QED) is 0.463. The molecule has 0 aromatic carbocycles. The number of rotatable bonds is 5. The minimum Gasteiger partial charge on any atom is -0.480 e. The Hall–Kier alpha value is -0.830. The van der Waals surface area contributed by atoms with Crippen LogP contribution in [0.5, 0.6) is 0 Å². The number of carboxylic acid groups (broad SMARTS) is 1. The van der Waals surface area contributed by atoms with E-state index in [0.29, 0.717) is 6.61 Å². The fourth-order valence-electron chi connectivity index (χ4n) is 0.449. The highest BCUT2D eigenvalue weighted by Gasteiger charge is 1.91. The Labute approximate surface area is 60.3 Å². The van der Waals surface area contributed by atoms with Gasteiger partial charge < -0.3 is 9.84 Å². The van der Waals surface area contributed by atoms with Crippen LogP contribution in [0.1, 0.15) is 13.3 Å². The predicted molar refractivity (Wildman–Crippen MR) is 37.9 cm³/mol. The van der Waals surface area contributed by atoms with Crippen LogP contribution in [0.25, 0.3) is 0 Å². The fourth-order valence-corrected chi connectivity index (χ4v) is 0.449. The zero-order valence-corrected chi connectivity index (χ0v) is 6.04. The van der Waals surface area contributed by atoms with Gasteiger partial charge in [0.2, 0.25) is 0 Å². The van der Waals surface area contributed by atoms with Crippen molar-refractivity contribution in [1.82, 2.24) is 0 Å². The van der Waals surface area contributed by atoms with Crippen molar-refractivity contribution < 1.29 is 14.6 Å². The van der Waals surface area contributed by atoms with Crippen LogP contribution in [0.15, 0.2) is 12.2 Å². The van der Waals surface area contributed by atoms with Crippen LogP contribution < -0.4 is 0 Å². The van der Waals surface area contributed by atoms with Crippen LogP contribution in [0, 0.1) is 0 Å². The number of aliphatic carboxylic acids is 1. The van der Waals surface area contributed by atoms with Crippen molar-refractivity contribution in [2.24, 2.45) is 0 Å². The highest BCUT2D eigenvalue weighted by molar-refractivity contribution is 5.67. The van der Waals surface area contributed by atoms with Crippen molar-refractivity contribution in [2.75, 3.05) is 13.2 Å². The van der Waals surface area contributed by atoms with Gasteiger partial charge in [0.1, 0.15) is 6.61 Å². The maximum atomic E-state index is 9.88. The van der Waals surface area contributed by atoms with Gasteiger partial charge in [-0.25, -0.2) is 4.79 Å². The molecule has 10 heavy (non-hydrogen) atoms. The summed E-state index contributed by atoms with van der Waals surface area (Å²) in [5, 5.41) is 8.12. The summed E-state index contributed by atoms with van der Waals surface area (Å²) < 4.78 is 4.71. The molecule has 0 aliphatic carbocycles. The average molecular weight is 144 g/mol. The first-order valence-corrected chi connectivity index (χ1v) is 3.22. The molecule has 0 rings (SSSR count). The van der Waals surface area contributed by atoms with E-state index in [1.165, 1.54) is 0 Å². The maximum Gasteiger partial charge on any atom is 0.329 e. The summed E-state index contributed by atoms with van der Waals surface area (Å²) in [7, 11) is 0. The fraction of sp³-hybridized carbons (Fsp3) is 0.571. The summed E-state index contributed by atoms with van der Waals surface area (Å²) >= 11 is 0. The minimum atomic E-state index is -0.926. The smallest absolute Gasteiger partial charge is 0.329 e. The molecule has 0 amide bonds. The third kappa shape index (κ3) is 7.17. The highest BCUT2D eigenvalue weighted by atomic mass is 16.5. The Kier molecular flexibility index (Phi) is 5.77. The van der Waals surface area contributed by atoms with Gasteiger partial charge in [0.25, 0.3) is 0 Å². The minimum absolute atomic E-state index is 0.214. The lowest BCUT2D eigenvalue weighted by atomic mass is 10.4. The molecule has 3 heteroatoms. The van der Waals surface area contributed by atoms with E-state index < -0.39 is 5.97 Å². The third-order valence-electron chi connectivity index (χ3n) is 0.842. The van der Waals surface area contributed by atoms with Crippen LogP contribution in [0.4, 0.5) is 0 Å². The SMILES string of the molecule is CC/C=C/COCC(=O)O. The van der Waals surface area contributed by atoms with E-state index in [9.17, 15) is 4.79 Å². The van der Waals surface area contributed by atoms with E-state index >= 15 is 0 Å². The second-order valence-electron chi connectivity index (χ2n) is 1.79. The van der Waals surface area contributed by atoms with Crippen LogP contribution in [0.2, 0.25) is 0 Å². The van der Waals surface area contributed by atoms with E-state index in [0.717, 1.165) is 6.42 Å². The Morgan fingerprint density at radius 2 is 2.30 bits per heavy atom. The first-order valence-electron chi connectivity index (χ1n) is 3.22. The van der Waals surface area contributed by atoms with Gasteiger partial charge in [0, 0.05) is 0 Å². The van der Waals surface area contributed by atoms with E-state index in [4.69, 9.17) is 9.84 Å². The first kappa shape index (κ1) is 9.17. The number of ether oxygens (including phenoxy) is 1. The number of carboxylic acids is 1. The van der Waals surface area contributed by atoms with Gasteiger partial charge in [-0.15, -0.1) is 0 Å². The lowest BCUT2D eigenvalue weighted by Crippen LogP contribution is -2.06. The Morgan fingerprint density at radius 1 is 1.60 bits per heavy atom. The van der Waals surface area contributed by atoms with Crippen molar-refractivity contribution in [2.45, 2.75) is 13.3 Å². The molecule has 0 fully saturated rings. The summed E-state index contributed by atoms with van der Waals surface area (Å²) in [6.07, 6.45) is 4.70. The van der Waals surface area contributed by atoms with Crippen molar-refractivity contribution in [1.29, 1.82) is 0 Å². The monoisotopic (exact) mass is 144 g/mol. The molecule has 0 spiro atoms. The molecule has 0 aromatic rings. The molecule has 0 atom stereocenters. The first-order chi connectivity index (χ1) is 4.77. The second kappa shape index (κ2) is 6.29. The van der Waals surface area contributed by atoms with Gasteiger partial charge in [-0.3, -0.25) is 0 Å². The highest BCUT2D eigenvalue weighted by Crippen LogP contribution is 1.81. The van der Waals surface area contributed by atoms with E-state index in [1.807, 2.05) is 19.1 Å². The van der Waals surface area contributed by atoms with E-state index in [2.05, 4.69) is 0 Å². The van der Waals surface area contributed by atoms with Crippen molar-refractivity contribution in [3.05, 3.63) is 12.2 Å². The number of hydrogen-bond acceptors (Lipinski definition) is 2. The number of hydrogen-bond donors (Lipinski definition) is 1. The van der Waals surface area contributed by atoms with Gasteiger partial charge in [-0.2, -0.15) is 0 Å². The molecule has 0 unspecified atom stereocenters. The lowest BCUT2D eigenvalue weighted by Gasteiger charge is -1.93. The van der Waals surface area contributed by atoms with Crippen molar-refractivity contribution in [3.8, 4) is 0 Å². The largest absolute Gasteiger partial charge is 0.480 e. The summed E-state index contributed by atoms with van der Waals surface area (Å²) in [4.78, 5) is 9.88. The van der Waals surface area contributed by atoms with Crippen LogP contribution in [0.3, 0.4) is 0 Å². The standard InChI is InChI=1S/C7H12O3/c1-2-3-4-5-10-6-7(8)9/h3-4H,2,5-6H2,1H3,(H,8,9)/b4-3+. The molecule has 3 nitrogen and oxygen atoms in total. The molecule has 0 aromatic heterocycles. The van der Waals surface area contributed by atoms with Gasteiger partial charge >= 0.3 is 5.97 Å². The van der Waals surface area contributed by atoms with Crippen LogP contribution in [-0.4, -0.2) is 24.3 Å². The molecular weight excluding hydrogens is 132 g/mol. The molecule has 0 aliphatic rings. The van der Waals surface area contributed by atoms with Crippen LogP contribution in [-0.2, 0) is 9.53 Å². The van der Waals surface area contributed by atoms with E-state index in [1.54, 1.807) is 0 Å². The van der Waals surface area contributed by atoms with Crippen molar-refractivity contribution in [3.63, 3.8) is 0 Å². The summed E-state index contributed by atoms with van der Waals surface area (Å²) in [6.45, 7) is 2.18. The Balaban J connectivity index is 3.05. The molecule has 0 saturated heterocycles. The predicted octanol–water partition coefficient (Wildman–Crippen LogP) is 1.05. The summed E-state index contributed by atoms with van der Waals surface area (Å²) in [5.74, 6) is -0.926. The normalized spacial score (nSPS) is 10.5. The van der Waals surface area contributed by atoms with E-state index in [-0.39, 0.29) is 6.61 Å². The summed E-state index contributed by atoms with van der Waals surface area (Å²) in [6, 6.07) is 0. The van der Waals surface area contributed by atoms with Crippen LogP contribution >= 0.6 is 0 Å². The Bertz CT molecular complexity index is 118. The lowest BCUT2D eigenvalue weighted by molar-refractivity contribution is -0.141. The molecule has 58 valence electrons. The molecule has 0 aliphatic heterocycles. The molecule has 0 saturated carbocycles. The zero-order valence-electron chi connectivity index (χ0n) is 6.04. The molecule has 0 radical (unpaired) electrons. The van der Waals surface area contributed by atoms with Crippen molar-refractivity contribution >= 4 is 5.97 Å². The van der Waals surface area contributed by atoms with Gasteiger partial charge in [-0.1, -0.05) is 19.1 Å².